The molecule has 47 valence electrons. The first-order valence-electron chi connectivity index (χ1n) is 2.84. The fourth-order valence-corrected chi connectivity index (χ4v) is 0.623. The molecule has 0 aromatic carbocycles. The van der Waals surface area contributed by atoms with Crippen molar-refractivity contribution >= 4 is 0 Å². The number of aliphatic hydroxyl groups is 1. The van der Waals surface area contributed by atoms with Crippen LogP contribution in [0.1, 0.15) is 5.56 Å². The monoisotopic (exact) mass is 122 g/mol. The average molecular weight is 122 g/mol. The van der Waals surface area contributed by atoms with E-state index in [1.165, 1.54) is 0 Å². The summed E-state index contributed by atoms with van der Waals surface area (Å²) in [7, 11) is 0. The summed E-state index contributed by atoms with van der Waals surface area (Å²) >= 11 is 0. The smallest absolute Gasteiger partial charge is 0.0472 e. The van der Waals surface area contributed by atoms with Gasteiger partial charge in [0.25, 0.3) is 0 Å². The van der Waals surface area contributed by atoms with Crippen LogP contribution in [0.5, 0.6) is 0 Å². The molecule has 1 rings (SSSR count). The SMILES string of the molecule is OCCc1c[c]cnc1. The van der Waals surface area contributed by atoms with Crippen LogP contribution in [0.2, 0.25) is 0 Å². The Morgan fingerprint density at radius 1 is 1.67 bits per heavy atom. The van der Waals surface area contributed by atoms with Crippen LogP contribution in [0.3, 0.4) is 0 Å². The summed E-state index contributed by atoms with van der Waals surface area (Å²) in [6.45, 7) is 0.180. The Hall–Kier alpha value is -0.890. The minimum absolute atomic E-state index is 0.180. The van der Waals surface area contributed by atoms with Crippen molar-refractivity contribution in [3.05, 3.63) is 30.1 Å². The predicted molar refractivity (Wildman–Crippen MR) is 33.9 cm³/mol. The minimum atomic E-state index is 0.180. The third-order valence-corrected chi connectivity index (χ3v) is 1.06. The van der Waals surface area contributed by atoms with Crippen LogP contribution < -0.4 is 0 Å². The Morgan fingerprint density at radius 2 is 2.56 bits per heavy atom. The predicted octanol–water partition coefficient (Wildman–Crippen LogP) is 0.417. The molecule has 1 aromatic heterocycles. The zero-order chi connectivity index (χ0) is 6.53. The quantitative estimate of drug-likeness (QED) is 0.616. The number of aromatic nitrogens is 1. The fraction of sp³-hybridized carbons (Fsp3) is 0.286. The van der Waals surface area contributed by atoms with Crippen LogP contribution in [0.25, 0.3) is 0 Å². The molecule has 2 nitrogen and oxygen atoms in total. The van der Waals surface area contributed by atoms with Crippen molar-refractivity contribution in [2.45, 2.75) is 6.42 Å². The third-order valence-electron chi connectivity index (χ3n) is 1.06. The molecule has 1 N–H and O–H groups in total. The molecule has 9 heavy (non-hydrogen) atoms. The van der Waals surface area contributed by atoms with Crippen LogP contribution >= 0.6 is 0 Å². The first-order valence-corrected chi connectivity index (χ1v) is 2.84. The molecule has 0 saturated carbocycles. The van der Waals surface area contributed by atoms with Gasteiger partial charge in [0.1, 0.15) is 0 Å². The maximum Gasteiger partial charge on any atom is 0.0472 e. The lowest BCUT2D eigenvalue weighted by Gasteiger charge is -1.92. The van der Waals surface area contributed by atoms with E-state index in [9.17, 15) is 0 Å². The highest BCUT2D eigenvalue weighted by Gasteiger charge is 1.86. The van der Waals surface area contributed by atoms with Crippen molar-refractivity contribution in [3.63, 3.8) is 0 Å². The van der Waals surface area contributed by atoms with Gasteiger partial charge in [-0.25, -0.2) is 0 Å². The highest BCUT2D eigenvalue weighted by Crippen LogP contribution is 1.93. The Labute approximate surface area is 54.2 Å². The van der Waals surface area contributed by atoms with Gasteiger partial charge in [-0.2, -0.15) is 0 Å². The summed E-state index contributed by atoms with van der Waals surface area (Å²) in [5.41, 5.74) is 1.03. The molecule has 2 heteroatoms. The minimum Gasteiger partial charge on any atom is -0.396 e. The van der Waals surface area contributed by atoms with Crippen LogP contribution in [-0.4, -0.2) is 16.7 Å². The van der Waals surface area contributed by atoms with E-state index in [-0.39, 0.29) is 6.61 Å². The lowest BCUT2D eigenvalue weighted by Crippen LogP contribution is -1.89. The van der Waals surface area contributed by atoms with Gasteiger partial charge in [-0.15, -0.1) is 0 Å². The molecule has 1 radical (unpaired) electrons. The highest BCUT2D eigenvalue weighted by molar-refractivity contribution is 5.06. The summed E-state index contributed by atoms with van der Waals surface area (Å²) in [6, 6.07) is 4.65. The van der Waals surface area contributed by atoms with Gasteiger partial charge in [-0.3, -0.25) is 4.98 Å². The van der Waals surface area contributed by atoms with Crippen LogP contribution in [0.4, 0.5) is 0 Å². The number of aliphatic hydroxyl groups excluding tert-OH is 1. The van der Waals surface area contributed by atoms with Gasteiger partial charge < -0.3 is 5.11 Å². The molecule has 0 amide bonds. The standard InChI is InChI=1S/C7H8NO/c9-5-3-7-2-1-4-8-6-7/h2,4,6,9H,3,5H2. The topological polar surface area (TPSA) is 33.1 Å². The first-order chi connectivity index (χ1) is 4.43. The van der Waals surface area contributed by atoms with E-state index in [1.54, 1.807) is 12.4 Å². The second-order valence-electron chi connectivity index (χ2n) is 1.77. The van der Waals surface area contributed by atoms with E-state index in [4.69, 9.17) is 5.11 Å². The summed E-state index contributed by atoms with van der Waals surface area (Å²) in [5, 5.41) is 8.48. The molecule has 0 bridgehead atoms. The van der Waals surface area contributed by atoms with E-state index in [2.05, 4.69) is 11.1 Å². The van der Waals surface area contributed by atoms with Crippen molar-refractivity contribution in [1.29, 1.82) is 0 Å². The molecular weight excluding hydrogens is 114 g/mol. The Morgan fingerprint density at radius 3 is 3.11 bits per heavy atom. The Balaban J connectivity index is 2.61. The molecule has 0 atom stereocenters. The molecule has 0 unspecified atom stereocenters. The maximum atomic E-state index is 8.48. The summed E-state index contributed by atoms with van der Waals surface area (Å²) in [5.74, 6) is 0. The van der Waals surface area contributed by atoms with Crippen LogP contribution in [0, 0.1) is 6.07 Å². The van der Waals surface area contributed by atoms with E-state index in [1.807, 2.05) is 6.07 Å². The zero-order valence-corrected chi connectivity index (χ0v) is 5.04. The van der Waals surface area contributed by atoms with Gasteiger partial charge in [0.05, 0.1) is 0 Å². The number of pyridine rings is 1. The van der Waals surface area contributed by atoms with Gasteiger partial charge in [-0.05, 0) is 18.1 Å². The van der Waals surface area contributed by atoms with E-state index in [0.717, 1.165) is 5.56 Å². The van der Waals surface area contributed by atoms with Crippen molar-refractivity contribution in [2.24, 2.45) is 0 Å². The normalized spacial score (nSPS) is 9.44. The molecule has 1 heterocycles. The summed E-state index contributed by atoms with van der Waals surface area (Å²) in [4.78, 5) is 3.84. The summed E-state index contributed by atoms with van der Waals surface area (Å²) < 4.78 is 0. The fourth-order valence-electron chi connectivity index (χ4n) is 0.623. The summed E-state index contributed by atoms with van der Waals surface area (Å²) in [6.07, 6.45) is 4.00. The van der Waals surface area contributed by atoms with Crippen LogP contribution in [-0.2, 0) is 6.42 Å². The van der Waals surface area contributed by atoms with Gasteiger partial charge in [0.2, 0.25) is 0 Å². The highest BCUT2D eigenvalue weighted by atomic mass is 16.2. The molecule has 0 aliphatic carbocycles. The Bertz CT molecular complexity index is 162. The first kappa shape index (κ1) is 6.23. The lowest BCUT2D eigenvalue weighted by molar-refractivity contribution is 0.299. The van der Waals surface area contributed by atoms with E-state index in [0.29, 0.717) is 6.42 Å². The number of hydrogen-bond acceptors (Lipinski definition) is 2. The second kappa shape index (κ2) is 3.20. The molecule has 0 fully saturated rings. The van der Waals surface area contributed by atoms with Gasteiger partial charge in [0.15, 0.2) is 0 Å². The molecule has 0 aliphatic heterocycles. The third kappa shape index (κ3) is 1.82. The second-order valence-corrected chi connectivity index (χ2v) is 1.77. The number of hydrogen-bond donors (Lipinski definition) is 1. The van der Waals surface area contributed by atoms with Gasteiger partial charge >= 0.3 is 0 Å². The largest absolute Gasteiger partial charge is 0.396 e. The van der Waals surface area contributed by atoms with Crippen molar-refractivity contribution < 1.29 is 5.11 Å². The van der Waals surface area contributed by atoms with Crippen molar-refractivity contribution in [3.8, 4) is 0 Å². The van der Waals surface area contributed by atoms with Crippen LogP contribution in [0.15, 0.2) is 18.5 Å². The van der Waals surface area contributed by atoms with E-state index >= 15 is 0 Å². The molecule has 1 aromatic rings. The molecule has 0 aliphatic rings. The van der Waals surface area contributed by atoms with Crippen molar-refractivity contribution in [1.82, 2.24) is 4.98 Å². The Kier molecular flexibility index (Phi) is 2.22. The lowest BCUT2D eigenvalue weighted by atomic mass is 10.2. The maximum absolute atomic E-state index is 8.48. The molecular formula is C7H8NO. The van der Waals surface area contributed by atoms with Gasteiger partial charge in [-0.1, -0.05) is 0 Å². The van der Waals surface area contributed by atoms with E-state index < -0.39 is 0 Å². The number of nitrogens with zero attached hydrogens (tertiary/aromatic N) is 1. The van der Waals surface area contributed by atoms with Gasteiger partial charge in [0, 0.05) is 25.1 Å². The average Bonchev–Trinajstić information content (AvgIpc) is 1.91. The van der Waals surface area contributed by atoms with Crippen molar-refractivity contribution in [2.75, 3.05) is 6.61 Å². The number of rotatable bonds is 2. The zero-order valence-electron chi connectivity index (χ0n) is 5.04. The molecule has 0 spiro atoms. The molecule has 0 saturated heterocycles.